The van der Waals surface area contributed by atoms with Crippen molar-refractivity contribution in [2.45, 2.75) is 45.3 Å². The molecule has 0 radical (unpaired) electrons. The Morgan fingerprint density at radius 2 is 2.26 bits per heavy atom. The summed E-state index contributed by atoms with van der Waals surface area (Å²) in [7, 11) is 0. The zero-order valence-electron chi connectivity index (χ0n) is 11.6. The molecule has 1 aliphatic rings. The van der Waals surface area contributed by atoms with E-state index >= 15 is 0 Å². The van der Waals surface area contributed by atoms with Crippen molar-refractivity contribution in [2.75, 3.05) is 12.3 Å². The minimum atomic E-state index is -0.470. The van der Waals surface area contributed by atoms with Crippen molar-refractivity contribution in [1.29, 1.82) is 0 Å². The molecule has 1 fully saturated rings. The van der Waals surface area contributed by atoms with E-state index in [1.807, 2.05) is 17.0 Å². The summed E-state index contributed by atoms with van der Waals surface area (Å²) in [5.41, 5.74) is 6.34. The lowest BCUT2D eigenvalue weighted by Crippen LogP contribution is -2.47. The van der Waals surface area contributed by atoms with E-state index in [1.165, 1.54) is 6.42 Å². The number of amides is 1. The van der Waals surface area contributed by atoms with Gasteiger partial charge < -0.3 is 15.4 Å². The van der Waals surface area contributed by atoms with E-state index in [0.29, 0.717) is 17.5 Å². The molecule has 4 heteroatoms. The first-order valence-corrected chi connectivity index (χ1v) is 6.90. The quantitative estimate of drug-likeness (QED) is 0.851. The van der Waals surface area contributed by atoms with Gasteiger partial charge in [-0.05, 0) is 45.2 Å². The summed E-state index contributed by atoms with van der Waals surface area (Å²) >= 11 is 0. The highest BCUT2D eigenvalue weighted by Crippen LogP contribution is 2.20. The van der Waals surface area contributed by atoms with Crippen molar-refractivity contribution in [3.63, 3.8) is 0 Å². The summed E-state index contributed by atoms with van der Waals surface area (Å²) in [4.78, 5) is 14.3. The Morgan fingerprint density at radius 3 is 2.95 bits per heavy atom. The van der Waals surface area contributed by atoms with Gasteiger partial charge >= 0.3 is 0 Å². The molecule has 1 aliphatic heterocycles. The van der Waals surface area contributed by atoms with Crippen LogP contribution in [0.2, 0.25) is 0 Å². The van der Waals surface area contributed by atoms with Crippen LogP contribution in [0.4, 0.5) is 5.69 Å². The number of rotatable bonds is 3. The number of hydrogen-bond acceptors (Lipinski definition) is 3. The maximum atomic E-state index is 12.4. The van der Waals surface area contributed by atoms with Crippen molar-refractivity contribution in [3.8, 4) is 5.75 Å². The first-order chi connectivity index (χ1) is 9.08. The molecule has 0 spiro atoms. The van der Waals surface area contributed by atoms with Crippen LogP contribution in [0.1, 0.15) is 33.1 Å². The predicted molar refractivity (Wildman–Crippen MR) is 76.0 cm³/mol. The first-order valence-electron chi connectivity index (χ1n) is 6.90. The van der Waals surface area contributed by atoms with Crippen LogP contribution in [-0.4, -0.2) is 29.5 Å². The molecule has 2 atom stereocenters. The molecule has 0 bridgehead atoms. The van der Waals surface area contributed by atoms with Gasteiger partial charge in [0.05, 0.1) is 0 Å². The van der Waals surface area contributed by atoms with Gasteiger partial charge in [-0.2, -0.15) is 0 Å². The number of likely N-dealkylation sites (tertiary alicyclic amines) is 1. The standard InChI is InChI=1S/C15H22N2O2/c1-11-6-3-4-9-17(11)15(18)12(2)19-14-8-5-7-13(16)10-14/h5,7-8,10-12H,3-4,6,9,16H2,1-2H3/t11-,12+/m0/s1. The molecule has 104 valence electrons. The molecule has 1 aromatic carbocycles. The van der Waals surface area contributed by atoms with Crippen LogP contribution in [0.3, 0.4) is 0 Å². The molecule has 1 saturated heterocycles. The van der Waals surface area contributed by atoms with Gasteiger partial charge in [0.1, 0.15) is 5.75 Å². The zero-order chi connectivity index (χ0) is 13.8. The molecule has 0 unspecified atom stereocenters. The lowest BCUT2D eigenvalue weighted by Gasteiger charge is -2.35. The third-order valence-corrected chi connectivity index (χ3v) is 3.60. The molecule has 2 N–H and O–H groups in total. The van der Waals surface area contributed by atoms with Crippen molar-refractivity contribution >= 4 is 11.6 Å². The number of nitrogens with two attached hydrogens (primary N) is 1. The number of anilines is 1. The van der Waals surface area contributed by atoms with Crippen molar-refractivity contribution in [3.05, 3.63) is 24.3 Å². The Kier molecular flexibility index (Phi) is 4.30. The molecule has 1 aromatic rings. The normalized spacial score (nSPS) is 20.9. The van der Waals surface area contributed by atoms with Crippen LogP contribution >= 0.6 is 0 Å². The van der Waals surface area contributed by atoms with Gasteiger partial charge in [-0.3, -0.25) is 4.79 Å². The third-order valence-electron chi connectivity index (χ3n) is 3.60. The zero-order valence-corrected chi connectivity index (χ0v) is 11.6. The second kappa shape index (κ2) is 5.95. The summed E-state index contributed by atoms with van der Waals surface area (Å²) in [5, 5.41) is 0. The Bertz CT molecular complexity index is 448. The molecule has 1 amide bonds. The van der Waals surface area contributed by atoms with Crippen LogP contribution in [0.5, 0.6) is 5.75 Å². The van der Waals surface area contributed by atoms with Crippen LogP contribution in [0.25, 0.3) is 0 Å². The van der Waals surface area contributed by atoms with E-state index < -0.39 is 6.10 Å². The minimum absolute atomic E-state index is 0.0645. The maximum absolute atomic E-state index is 12.4. The lowest BCUT2D eigenvalue weighted by atomic mass is 10.0. The van der Waals surface area contributed by atoms with Crippen molar-refractivity contribution in [1.82, 2.24) is 4.90 Å². The highest BCUT2D eigenvalue weighted by atomic mass is 16.5. The van der Waals surface area contributed by atoms with Crippen LogP contribution in [-0.2, 0) is 4.79 Å². The Labute approximate surface area is 114 Å². The smallest absolute Gasteiger partial charge is 0.263 e. The highest BCUT2D eigenvalue weighted by Gasteiger charge is 2.27. The van der Waals surface area contributed by atoms with E-state index in [9.17, 15) is 4.79 Å². The minimum Gasteiger partial charge on any atom is -0.481 e. The first kappa shape index (κ1) is 13.7. The Hall–Kier alpha value is -1.71. The molecule has 2 rings (SSSR count). The number of carbonyl (C=O) groups excluding carboxylic acids is 1. The monoisotopic (exact) mass is 262 g/mol. The van der Waals surface area contributed by atoms with Crippen LogP contribution in [0.15, 0.2) is 24.3 Å². The number of ether oxygens (including phenoxy) is 1. The van der Waals surface area contributed by atoms with Crippen LogP contribution in [0, 0.1) is 0 Å². The summed E-state index contributed by atoms with van der Waals surface area (Å²) < 4.78 is 5.69. The number of nitrogens with zero attached hydrogens (tertiary/aromatic N) is 1. The number of benzene rings is 1. The molecule has 0 aliphatic carbocycles. The molecule has 4 nitrogen and oxygen atoms in total. The molecule has 0 aromatic heterocycles. The molecule has 0 saturated carbocycles. The van der Waals surface area contributed by atoms with Gasteiger partial charge in [-0.1, -0.05) is 6.07 Å². The lowest BCUT2D eigenvalue weighted by molar-refractivity contribution is -0.141. The predicted octanol–water partition coefficient (Wildman–Crippen LogP) is 2.44. The fraction of sp³-hybridized carbons (Fsp3) is 0.533. The second-order valence-corrected chi connectivity index (χ2v) is 5.21. The maximum Gasteiger partial charge on any atom is 0.263 e. The third kappa shape index (κ3) is 3.40. The van der Waals surface area contributed by atoms with E-state index in [0.717, 1.165) is 19.4 Å². The summed E-state index contributed by atoms with van der Waals surface area (Å²) in [6, 6.07) is 7.49. The average Bonchev–Trinajstić information content (AvgIpc) is 2.38. The molecular weight excluding hydrogens is 240 g/mol. The topological polar surface area (TPSA) is 55.6 Å². The van der Waals surface area contributed by atoms with Gasteiger partial charge in [-0.25, -0.2) is 0 Å². The number of nitrogen functional groups attached to an aromatic ring is 1. The van der Waals surface area contributed by atoms with E-state index in [4.69, 9.17) is 10.5 Å². The van der Waals surface area contributed by atoms with E-state index in [-0.39, 0.29) is 5.91 Å². The van der Waals surface area contributed by atoms with Gasteiger partial charge in [-0.15, -0.1) is 0 Å². The largest absolute Gasteiger partial charge is 0.481 e. The summed E-state index contributed by atoms with van der Waals surface area (Å²) in [6.45, 7) is 4.74. The number of hydrogen-bond donors (Lipinski definition) is 1. The van der Waals surface area contributed by atoms with E-state index in [2.05, 4.69) is 6.92 Å². The van der Waals surface area contributed by atoms with Gasteiger partial charge in [0, 0.05) is 24.3 Å². The Morgan fingerprint density at radius 1 is 1.47 bits per heavy atom. The summed E-state index contributed by atoms with van der Waals surface area (Å²) in [5.74, 6) is 0.708. The SMILES string of the molecule is C[C@@H](Oc1cccc(N)c1)C(=O)N1CCCC[C@@H]1C. The second-order valence-electron chi connectivity index (χ2n) is 5.21. The average molecular weight is 262 g/mol. The fourth-order valence-electron chi connectivity index (χ4n) is 2.50. The number of carbonyl (C=O) groups is 1. The van der Waals surface area contributed by atoms with Crippen molar-refractivity contribution in [2.24, 2.45) is 0 Å². The molecule has 1 heterocycles. The van der Waals surface area contributed by atoms with Crippen molar-refractivity contribution < 1.29 is 9.53 Å². The highest BCUT2D eigenvalue weighted by molar-refractivity contribution is 5.81. The van der Waals surface area contributed by atoms with Crippen LogP contribution < -0.4 is 10.5 Å². The summed E-state index contributed by atoms with van der Waals surface area (Å²) in [6.07, 6.45) is 2.90. The van der Waals surface area contributed by atoms with Gasteiger partial charge in [0.2, 0.25) is 0 Å². The fourth-order valence-corrected chi connectivity index (χ4v) is 2.50. The van der Waals surface area contributed by atoms with Gasteiger partial charge in [0.15, 0.2) is 6.10 Å². The van der Waals surface area contributed by atoms with Gasteiger partial charge in [0.25, 0.3) is 5.91 Å². The molecular formula is C15H22N2O2. The number of piperidine rings is 1. The Balaban J connectivity index is 1.99. The van der Waals surface area contributed by atoms with E-state index in [1.54, 1.807) is 19.1 Å². The molecule has 19 heavy (non-hydrogen) atoms.